The van der Waals surface area contributed by atoms with E-state index in [2.05, 4.69) is 9.24 Å². The van der Waals surface area contributed by atoms with E-state index >= 15 is 0 Å². The van der Waals surface area contributed by atoms with Crippen LogP contribution in [0, 0.1) is 0 Å². The maximum atomic E-state index is 9.95. The van der Waals surface area contributed by atoms with Gasteiger partial charge in [-0.25, -0.2) is 0 Å². The Bertz CT molecular complexity index is 261. The Labute approximate surface area is 68.3 Å². The molecule has 1 aromatic carbocycles. The lowest BCUT2D eigenvalue weighted by Crippen LogP contribution is -1.86. The van der Waals surface area contributed by atoms with Crippen LogP contribution >= 0.6 is 9.24 Å². The summed E-state index contributed by atoms with van der Waals surface area (Å²) in [5, 5.41) is 1.15. The second-order valence-electron chi connectivity index (χ2n) is 2.16. The van der Waals surface area contributed by atoms with E-state index in [1.54, 1.807) is 6.08 Å². The Hall–Kier alpha value is -0.940. The van der Waals surface area contributed by atoms with E-state index in [1.165, 1.54) is 6.08 Å². The van der Waals surface area contributed by atoms with Crippen molar-refractivity contribution in [2.75, 3.05) is 0 Å². The van der Waals surface area contributed by atoms with Gasteiger partial charge in [-0.3, -0.25) is 4.79 Å². The lowest BCUT2D eigenvalue weighted by atomic mass is 10.2. The third-order valence-corrected chi connectivity index (χ3v) is 1.69. The zero-order chi connectivity index (χ0) is 8.10. The monoisotopic (exact) mass is 164 g/mol. The van der Waals surface area contributed by atoms with Crippen LogP contribution in [0.5, 0.6) is 0 Å². The zero-order valence-corrected chi connectivity index (χ0v) is 7.18. The summed E-state index contributed by atoms with van der Waals surface area (Å²) in [5.41, 5.74) is 1.04. The van der Waals surface area contributed by atoms with Gasteiger partial charge in [-0.1, -0.05) is 30.3 Å². The van der Waals surface area contributed by atoms with E-state index in [9.17, 15) is 4.79 Å². The van der Waals surface area contributed by atoms with Crippen LogP contribution < -0.4 is 5.30 Å². The summed E-state index contributed by atoms with van der Waals surface area (Å²) in [4.78, 5) is 9.95. The molecule has 0 saturated carbocycles. The van der Waals surface area contributed by atoms with Gasteiger partial charge in [-0.05, 0) is 16.9 Å². The predicted octanol–water partition coefficient (Wildman–Crippen LogP) is 1.40. The first-order valence-corrected chi connectivity index (χ1v) is 3.88. The van der Waals surface area contributed by atoms with Crippen molar-refractivity contribution in [1.29, 1.82) is 0 Å². The number of carbonyl (C=O) groups excluding carboxylic acids is 1. The fourth-order valence-corrected chi connectivity index (χ4v) is 0.950. The minimum absolute atomic E-state index is 0.772. The summed E-state index contributed by atoms with van der Waals surface area (Å²) in [5.74, 6) is 0. The van der Waals surface area contributed by atoms with Crippen LogP contribution in [-0.2, 0) is 4.79 Å². The van der Waals surface area contributed by atoms with Crippen LogP contribution in [0.25, 0.3) is 6.08 Å². The summed E-state index contributed by atoms with van der Waals surface area (Å²) < 4.78 is 0. The van der Waals surface area contributed by atoms with Gasteiger partial charge in [0.05, 0.1) is 0 Å². The smallest absolute Gasteiger partial charge is 0.142 e. The molecule has 0 aliphatic heterocycles. The first kappa shape index (κ1) is 8.16. The molecule has 1 rings (SSSR count). The Balaban J connectivity index is 2.81. The van der Waals surface area contributed by atoms with Crippen LogP contribution in [0.4, 0.5) is 0 Å². The van der Waals surface area contributed by atoms with Gasteiger partial charge in [0, 0.05) is 0 Å². The molecule has 0 amide bonds. The number of carbonyl (C=O) groups is 1. The highest BCUT2D eigenvalue weighted by molar-refractivity contribution is 7.27. The summed E-state index contributed by atoms with van der Waals surface area (Å²) in [6.07, 6.45) is 4.03. The molecule has 1 atom stereocenters. The van der Waals surface area contributed by atoms with Gasteiger partial charge in [0.1, 0.15) is 6.29 Å². The van der Waals surface area contributed by atoms with Crippen molar-refractivity contribution in [2.45, 2.75) is 0 Å². The molecule has 0 saturated heterocycles. The zero-order valence-electron chi connectivity index (χ0n) is 6.03. The number of benzene rings is 1. The standard InChI is InChI=1S/C9H9OP/c10-7-1-2-8-3-5-9(11)6-4-8/h1-7H,11H2. The second-order valence-corrected chi connectivity index (χ2v) is 2.83. The SMILES string of the molecule is O=CC=Cc1ccc(P)cc1. The molecule has 1 aromatic rings. The summed E-state index contributed by atoms with van der Waals surface area (Å²) in [6, 6.07) is 7.88. The maximum Gasteiger partial charge on any atom is 0.142 e. The van der Waals surface area contributed by atoms with Crippen molar-refractivity contribution in [2.24, 2.45) is 0 Å². The molecule has 0 heterocycles. The number of allylic oxidation sites excluding steroid dienone is 1. The molecule has 2 heteroatoms. The van der Waals surface area contributed by atoms with Crippen LogP contribution in [0.1, 0.15) is 5.56 Å². The molecule has 0 aliphatic rings. The molecule has 56 valence electrons. The molecular formula is C9H9OP. The Morgan fingerprint density at radius 3 is 2.36 bits per heavy atom. The van der Waals surface area contributed by atoms with E-state index in [1.807, 2.05) is 24.3 Å². The van der Waals surface area contributed by atoms with Crippen LogP contribution in [0.2, 0.25) is 0 Å². The number of hydrogen-bond donors (Lipinski definition) is 0. The van der Waals surface area contributed by atoms with Gasteiger partial charge < -0.3 is 0 Å². The molecule has 0 radical (unpaired) electrons. The average Bonchev–Trinajstić information content (AvgIpc) is 2.04. The van der Waals surface area contributed by atoms with E-state index < -0.39 is 0 Å². The van der Waals surface area contributed by atoms with E-state index in [4.69, 9.17) is 0 Å². The predicted molar refractivity (Wildman–Crippen MR) is 50.9 cm³/mol. The van der Waals surface area contributed by atoms with Crippen molar-refractivity contribution in [3.63, 3.8) is 0 Å². The quantitative estimate of drug-likeness (QED) is 0.367. The topological polar surface area (TPSA) is 17.1 Å². The fraction of sp³-hybridized carbons (Fsp3) is 0. The second kappa shape index (κ2) is 4.05. The Morgan fingerprint density at radius 1 is 1.18 bits per heavy atom. The minimum atomic E-state index is 0.772. The molecule has 0 aliphatic carbocycles. The van der Waals surface area contributed by atoms with Gasteiger partial charge in [0.15, 0.2) is 0 Å². The highest BCUT2D eigenvalue weighted by atomic mass is 31.0. The normalized spacial score (nSPS) is 10.3. The molecule has 0 fully saturated rings. The third-order valence-electron chi connectivity index (χ3n) is 1.30. The molecule has 0 bridgehead atoms. The van der Waals surface area contributed by atoms with Crippen molar-refractivity contribution >= 4 is 26.9 Å². The summed E-state index contributed by atoms with van der Waals surface area (Å²) in [7, 11) is 2.61. The van der Waals surface area contributed by atoms with E-state index in [0.717, 1.165) is 17.2 Å². The van der Waals surface area contributed by atoms with Crippen molar-refractivity contribution < 1.29 is 4.79 Å². The summed E-state index contributed by atoms with van der Waals surface area (Å²) >= 11 is 0. The van der Waals surface area contributed by atoms with Crippen LogP contribution in [0.15, 0.2) is 30.3 Å². The van der Waals surface area contributed by atoms with Gasteiger partial charge in [0.25, 0.3) is 0 Å². The molecule has 0 spiro atoms. The molecular weight excluding hydrogens is 155 g/mol. The van der Waals surface area contributed by atoms with E-state index in [-0.39, 0.29) is 0 Å². The average molecular weight is 164 g/mol. The highest BCUT2D eigenvalue weighted by Gasteiger charge is 1.84. The highest BCUT2D eigenvalue weighted by Crippen LogP contribution is 2.00. The fourth-order valence-electron chi connectivity index (χ4n) is 0.758. The lowest BCUT2D eigenvalue weighted by molar-refractivity contribution is -0.104. The molecule has 11 heavy (non-hydrogen) atoms. The minimum Gasteiger partial charge on any atom is -0.299 e. The molecule has 1 unspecified atom stereocenters. The number of aldehydes is 1. The Morgan fingerprint density at radius 2 is 1.82 bits per heavy atom. The molecule has 0 aromatic heterocycles. The van der Waals surface area contributed by atoms with Crippen molar-refractivity contribution in [1.82, 2.24) is 0 Å². The first-order valence-electron chi connectivity index (χ1n) is 3.30. The van der Waals surface area contributed by atoms with E-state index in [0.29, 0.717) is 0 Å². The van der Waals surface area contributed by atoms with Gasteiger partial charge in [-0.2, -0.15) is 0 Å². The van der Waals surface area contributed by atoms with Crippen LogP contribution in [-0.4, -0.2) is 6.29 Å². The number of rotatable bonds is 2. The van der Waals surface area contributed by atoms with Gasteiger partial charge in [-0.15, -0.1) is 9.24 Å². The Kier molecular flexibility index (Phi) is 3.00. The summed E-state index contributed by atoms with van der Waals surface area (Å²) in [6.45, 7) is 0. The molecule has 0 N–H and O–H groups in total. The first-order chi connectivity index (χ1) is 5.33. The lowest BCUT2D eigenvalue weighted by Gasteiger charge is -1.92. The third kappa shape index (κ3) is 2.65. The van der Waals surface area contributed by atoms with Gasteiger partial charge >= 0.3 is 0 Å². The maximum absolute atomic E-state index is 9.95. The number of hydrogen-bond acceptors (Lipinski definition) is 1. The molecule has 1 nitrogen and oxygen atoms in total. The van der Waals surface area contributed by atoms with Gasteiger partial charge in [0.2, 0.25) is 0 Å². The van der Waals surface area contributed by atoms with Crippen LogP contribution in [0.3, 0.4) is 0 Å². The van der Waals surface area contributed by atoms with Crippen molar-refractivity contribution in [3.05, 3.63) is 35.9 Å². The largest absolute Gasteiger partial charge is 0.299 e. The van der Waals surface area contributed by atoms with Crippen molar-refractivity contribution in [3.8, 4) is 0 Å².